The number of rotatable bonds is 11. The van der Waals surface area contributed by atoms with E-state index in [4.69, 9.17) is 15.4 Å². The van der Waals surface area contributed by atoms with Crippen LogP contribution in [-0.2, 0) is 22.6 Å². The summed E-state index contributed by atoms with van der Waals surface area (Å²) >= 11 is 2.60. The number of thioether (sulfide) groups is 2. The van der Waals surface area contributed by atoms with Crippen LogP contribution in [0, 0.1) is 11.3 Å². The van der Waals surface area contributed by atoms with E-state index in [-0.39, 0.29) is 18.1 Å². The van der Waals surface area contributed by atoms with Gasteiger partial charge in [-0.25, -0.2) is 0 Å². The molecule has 2 aromatic heterocycles. The van der Waals surface area contributed by atoms with E-state index in [1.807, 2.05) is 28.8 Å². The minimum absolute atomic E-state index is 0.114. The summed E-state index contributed by atoms with van der Waals surface area (Å²) in [6.45, 7) is 0.381. The number of para-hydroxylation sites is 1. The van der Waals surface area contributed by atoms with Crippen LogP contribution in [0.1, 0.15) is 18.0 Å². The van der Waals surface area contributed by atoms with Gasteiger partial charge in [0.2, 0.25) is 11.8 Å². The molecule has 2 amide bonds. The predicted molar refractivity (Wildman–Crippen MR) is 117 cm³/mol. The van der Waals surface area contributed by atoms with Gasteiger partial charge in [-0.3, -0.25) is 14.2 Å². The largest absolute Gasteiger partial charge is 0.467 e. The van der Waals surface area contributed by atoms with Crippen molar-refractivity contribution in [3.63, 3.8) is 0 Å². The van der Waals surface area contributed by atoms with E-state index in [2.05, 4.69) is 21.6 Å². The quantitative estimate of drug-likeness (QED) is 0.420. The molecule has 3 rings (SSSR count). The number of hydrogen-bond donors (Lipinski definition) is 2. The van der Waals surface area contributed by atoms with E-state index in [0.29, 0.717) is 41.1 Å². The molecule has 160 valence electrons. The smallest absolute Gasteiger partial charge is 0.234 e. The van der Waals surface area contributed by atoms with Gasteiger partial charge in [0.15, 0.2) is 5.16 Å². The molecule has 11 heteroatoms. The molecule has 2 heterocycles. The van der Waals surface area contributed by atoms with Crippen LogP contribution in [0.3, 0.4) is 0 Å². The maximum Gasteiger partial charge on any atom is 0.234 e. The number of furan rings is 1. The zero-order chi connectivity index (χ0) is 22.1. The SMILES string of the molecule is N#CCSc1ccccc1NC(=O)CSc1nnc(CCC(N)=O)n1Cc1ccco1. The van der Waals surface area contributed by atoms with Gasteiger partial charge in [-0.2, -0.15) is 5.26 Å². The molecule has 0 fully saturated rings. The van der Waals surface area contributed by atoms with Crippen LogP contribution in [0.25, 0.3) is 0 Å². The Labute approximate surface area is 187 Å². The van der Waals surface area contributed by atoms with E-state index in [9.17, 15) is 9.59 Å². The van der Waals surface area contributed by atoms with E-state index in [1.54, 1.807) is 18.4 Å². The number of carbonyl (C=O) groups is 2. The fourth-order valence-corrected chi connectivity index (χ4v) is 4.11. The van der Waals surface area contributed by atoms with Crippen LogP contribution in [0.15, 0.2) is 57.1 Å². The third-order valence-electron chi connectivity index (χ3n) is 4.07. The Balaban J connectivity index is 1.67. The van der Waals surface area contributed by atoms with E-state index >= 15 is 0 Å². The molecule has 0 bridgehead atoms. The first-order chi connectivity index (χ1) is 15.1. The average Bonchev–Trinajstić information content (AvgIpc) is 3.40. The molecule has 0 unspecified atom stereocenters. The minimum atomic E-state index is -0.422. The number of benzene rings is 1. The van der Waals surface area contributed by atoms with Crippen molar-refractivity contribution in [3.05, 3.63) is 54.2 Å². The van der Waals surface area contributed by atoms with Crippen LogP contribution in [0.2, 0.25) is 0 Å². The molecule has 0 saturated heterocycles. The van der Waals surface area contributed by atoms with Gasteiger partial charge in [-0.1, -0.05) is 23.9 Å². The average molecular weight is 457 g/mol. The molecule has 3 N–H and O–H groups in total. The summed E-state index contributed by atoms with van der Waals surface area (Å²) in [4.78, 5) is 24.5. The Morgan fingerprint density at radius 2 is 2.03 bits per heavy atom. The summed E-state index contributed by atoms with van der Waals surface area (Å²) in [5, 5.41) is 20.5. The van der Waals surface area contributed by atoms with E-state index < -0.39 is 5.91 Å². The third-order valence-corrected chi connectivity index (χ3v) is 5.98. The molecule has 9 nitrogen and oxygen atoms in total. The lowest BCUT2D eigenvalue weighted by molar-refractivity contribution is -0.118. The number of nitrogens with one attached hydrogen (secondary N) is 1. The van der Waals surface area contributed by atoms with Crippen molar-refractivity contribution in [2.75, 3.05) is 16.8 Å². The topological polar surface area (TPSA) is 140 Å². The highest BCUT2D eigenvalue weighted by Crippen LogP contribution is 2.27. The molecule has 31 heavy (non-hydrogen) atoms. The number of nitrogens with two attached hydrogens (primary N) is 1. The molecule has 0 aliphatic carbocycles. The number of aryl methyl sites for hydroxylation is 1. The molecule has 0 aliphatic rings. The number of nitrogens with zero attached hydrogens (tertiary/aromatic N) is 4. The molecule has 0 aliphatic heterocycles. The van der Waals surface area contributed by atoms with Crippen LogP contribution in [0.4, 0.5) is 5.69 Å². The minimum Gasteiger partial charge on any atom is -0.467 e. The Morgan fingerprint density at radius 3 is 2.77 bits per heavy atom. The van der Waals surface area contributed by atoms with Crippen molar-refractivity contribution in [3.8, 4) is 6.07 Å². The maximum atomic E-state index is 12.5. The normalized spacial score (nSPS) is 10.5. The molecular weight excluding hydrogens is 436 g/mol. The number of aromatic nitrogens is 3. The van der Waals surface area contributed by atoms with Gasteiger partial charge in [0, 0.05) is 17.7 Å². The zero-order valence-corrected chi connectivity index (χ0v) is 18.1. The highest BCUT2D eigenvalue weighted by atomic mass is 32.2. The second-order valence-corrected chi connectivity index (χ2v) is 8.27. The molecular formula is C20H20N6O3S2. The summed E-state index contributed by atoms with van der Waals surface area (Å²) in [5.41, 5.74) is 5.91. The zero-order valence-electron chi connectivity index (χ0n) is 16.5. The number of amides is 2. The van der Waals surface area contributed by atoms with Gasteiger partial charge in [0.1, 0.15) is 11.6 Å². The van der Waals surface area contributed by atoms with E-state index in [0.717, 1.165) is 4.90 Å². The summed E-state index contributed by atoms with van der Waals surface area (Å²) in [5.74, 6) is 1.08. The van der Waals surface area contributed by atoms with Crippen LogP contribution in [-0.4, -0.2) is 38.1 Å². The molecule has 0 saturated carbocycles. The summed E-state index contributed by atoms with van der Waals surface area (Å²) in [6, 6.07) is 13.0. The van der Waals surface area contributed by atoms with Crippen molar-refractivity contribution in [1.82, 2.24) is 14.8 Å². The van der Waals surface area contributed by atoms with Gasteiger partial charge in [-0.05, 0) is 24.3 Å². The van der Waals surface area contributed by atoms with Gasteiger partial charge in [0.25, 0.3) is 0 Å². The van der Waals surface area contributed by atoms with Crippen LogP contribution < -0.4 is 11.1 Å². The van der Waals surface area contributed by atoms with Gasteiger partial charge >= 0.3 is 0 Å². The standard InChI is InChI=1S/C20H20N6O3S2/c21-9-11-30-16-6-2-1-5-15(16)23-19(28)13-31-20-25-24-18(8-7-17(22)27)26(20)12-14-4-3-10-29-14/h1-6,10H,7-8,11-13H2,(H2,22,27)(H,23,28). The van der Waals surface area contributed by atoms with Crippen molar-refractivity contribution < 1.29 is 14.0 Å². The Bertz CT molecular complexity index is 1080. The van der Waals surface area contributed by atoms with Gasteiger partial charge < -0.3 is 15.5 Å². The number of hydrogen-bond acceptors (Lipinski definition) is 8. The lowest BCUT2D eigenvalue weighted by Gasteiger charge is -2.10. The highest BCUT2D eigenvalue weighted by molar-refractivity contribution is 8.00. The monoisotopic (exact) mass is 456 g/mol. The maximum absolute atomic E-state index is 12.5. The lowest BCUT2D eigenvalue weighted by Crippen LogP contribution is -2.16. The van der Waals surface area contributed by atoms with Crippen molar-refractivity contribution >= 4 is 41.0 Å². The first kappa shape index (κ1) is 22.5. The molecule has 0 atom stereocenters. The second kappa shape index (κ2) is 11.2. The summed E-state index contributed by atoms with van der Waals surface area (Å²) in [6.07, 6.45) is 2.07. The third kappa shape index (κ3) is 6.63. The van der Waals surface area contributed by atoms with Gasteiger partial charge in [-0.15, -0.1) is 22.0 Å². The number of primary amides is 1. The first-order valence-electron chi connectivity index (χ1n) is 9.31. The number of anilines is 1. The first-order valence-corrected chi connectivity index (χ1v) is 11.3. The number of nitriles is 1. The Morgan fingerprint density at radius 1 is 1.19 bits per heavy atom. The predicted octanol–water partition coefficient (Wildman–Crippen LogP) is 2.68. The summed E-state index contributed by atoms with van der Waals surface area (Å²) < 4.78 is 7.23. The Hall–Kier alpha value is -3.23. The number of carbonyl (C=O) groups excluding carboxylic acids is 2. The van der Waals surface area contributed by atoms with Crippen LogP contribution in [0.5, 0.6) is 0 Å². The summed E-state index contributed by atoms with van der Waals surface area (Å²) in [7, 11) is 0. The van der Waals surface area contributed by atoms with E-state index in [1.165, 1.54) is 23.5 Å². The molecule has 0 radical (unpaired) electrons. The second-order valence-electron chi connectivity index (χ2n) is 6.31. The van der Waals surface area contributed by atoms with Crippen molar-refractivity contribution in [2.24, 2.45) is 5.73 Å². The fourth-order valence-electron chi connectivity index (χ4n) is 2.69. The van der Waals surface area contributed by atoms with Crippen molar-refractivity contribution in [1.29, 1.82) is 5.26 Å². The molecule has 3 aromatic rings. The molecule has 0 spiro atoms. The van der Waals surface area contributed by atoms with Crippen molar-refractivity contribution in [2.45, 2.75) is 29.4 Å². The Kier molecular flexibility index (Phi) is 8.14. The van der Waals surface area contributed by atoms with Gasteiger partial charge in [0.05, 0.1) is 36.1 Å². The molecule has 1 aromatic carbocycles. The lowest BCUT2D eigenvalue weighted by atomic mass is 10.3. The fraction of sp³-hybridized carbons (Fsp3) is 0.250. The highest BCUT2D eigenvalue weighted by Gasteiger charge is 2.17. The van der Waals surface area contributed by atoms with Crippen LogP contribution >= 0.6 is 23.5 Å².